The van der Waals surface area contributed by atoms with Gasteiger partial charge in [0.05, 0.1) is 5.56 Å². The molecular formula is C13H15FO2. The van der Waals surface area contributed by atoms with Crippen molar-refractivity contribution in [3.63, 3.8) is 0 Å². The van der Waals surface area contributed by atoms with Crippen molar-refractivity contribution >= 4 is 5.97 Å². The maximum atomic E-state index is 14.1. The van der Waals surface area contributed by atoms with Crippen LogP contribution in [0.4, 0.5) is 4.39 Å². The van der Waals surface area contributed by atoms with Crippen molar-refractivity contribution in [3.05, 3.63) is 35.4 Å². The van der Waals surface area contributed by atoms with Crippen LogP contribution >= 0.6 is 0 Å². The highest BCUT2D eigenvalue weighted by Crippen LogP contribution is 2.57. The smallest absolute Gasteiger partial charge is 0.335 e. The third-order valence-corrected chi connectivity index (χ3v) is 3.57. The molecule has 2 rings (SSSR count). The highest BCUT2D eigenvalue weighted by atomic mass is 19.1. The van der Waals surface area contributed by atoms with E-state index in [0.29, 0.717) is 0 Å². The van der Waals surface area contributed by atoms with Gasteiger partial charge in [-0.25, -0.2) is 9.18 Å². The summed E-state index contributed by atoms with van der Waals surface area (Å²) in [6.45, 7) is 3.18. The predicted octanol–water partition coefficient (Wildman–Crippen LogP) is 3.16. The second-order valence-corrected chi connectivity index (χ2v) is 4.94. The number of carboxylic acid groups (broad SMARTS) is 1. The summed E-state index contributed by atoms with van der Waals surface area (Å²) in [6.07, 6.45) is 1.67. The molecule has 0 spiro atoms. The molecule has 1 aliphatic carbocycles. The van der Waals surface area contributed by atoms with Gasteiger partial charge in [-0.2, -0.15) is 0 Å². The van der Waals surface area contributed by atoms with Crippen LogP contribution in [0.5, 0.6) is 0 Å². The Labute approximate surface area is 94.1 Å². The number of carbonyl (C=O) groups is 1. The first kappa shape index (κ1) is 11.1. The standard InChI is InChI=1S/C13H15FO2/c1-12(2,14)13(7-8-13)10-5-3-9(4-6-10)11(15)16/h3-6H,7-8H2,1-2H3,(H,15,16). The normalized spacial score (nSPS) is 18.2. The molecule has 1 aromatic carbocycles. The molecule has 0 amide bonds. The number of carboxylic acids is 1. The van der Waals surface area contributed by atoms with Gasteiger partial charge in [0, 0.05) is 5.41 Å². The van der Waals surface area contributed by atoms with Crippen molar-refractivity contribution in [3.8, 4) is 0 Å². The summed E-state index contributed by atoms with van der Waals surface area (Å²) in [4.78, 5) is 10.7. The summed E-state index contributed by atoms with van der Waals surface area (Å²) in [5, 5.41) is 8.78. The molecule has 0 heterocycles. The quantitative estimate of drug-likeness (QED) is 0.852. The third kappa shape index (κ3) is 1.60. The van der Waals surface area contributed by atoms with Gasteiger partial charge in [-0.1, -0.05) is 12.1 Å². The lowest BCUT2D eigenvalue weighted by atomic mass is 9.82. The van der Waals surface area contributed by atoms with Crippen LogP contribution < -0.4 is 0 Å². The molecular weight excluding hydrogens is 207 g/mol. The van der Waals surface area contributed by atoms with Crippen molar-refractivity contribution in [2.24, 2.45) is 0 Å². The van der Waals surface area contributed by atoms with Crippen LogP contribution in [0.3, 0.4) is 0 Å². The monoisotopic (exact) mass is 222 g/mol. The van der Waals surface area contributed by atoms with Crippen molar-refractivity contribution in [1.82, 2.24) is 0 Å². The van der Waals surface area contributed by atoms with Crippen molar-refractivity contribution in [2.75, 3.05) is 0 Å². The lowest BCUT2D eigenvalue weighted by Crippen LogP contribution is -2.31. The Morgan fingerprint density at radius 1 is 1.31 bits per heavy atom. The van der Waals surface area contributed by atoms with E-state index in [1.165, 1.54) is 0 Å². The molecule has 1 N–H and O–H groups in total. The number of alkyl halides is 1. The van der Waals surface area contributed by atoms with Crippen LogP contribution in [-0.2, 0) is 5.41 Å². The fourth-order valence-electron chi connectivity index (χ4n) is 2.28. The fourth-order valence-corrected chi connectivity index (χ4v) is 2.28. The number of aromatic carboxylic acids is 1. The van der Waals surface area contributed by atoms with Crippen molar-refractivity contribution in [1.29, 1.82) is 0 Å². The van der Waals surface area contributed by atoms with E-state index in [0.717, 1.165) is 18.4 Å². The summed E-state index contributed by atoms with van der Waals surface area (Å²) in [6, 6.07) is 6.56. The minimum Gasteiger partial charge on any atom is -0.478 e. The zero-order valence-corrected chi connectivity index (χ0v) is 9.46. The highest BCUT2D eigenvalue weighted by molar-refractivity contribution is 5.87. The topological polar surface area (TPSA) is 37.3 Å². The molecule has 0 aromatic heterocycles. The Bertz CT molecular complexity index is 411. The summed E-state index contributed by atoms with van der Waals surface area (Å²) >= 11 is 0. The largest absolute Gasteiger partial charge is 0.478 e. The van der Waals surface area contributed by atoms with Crippen LogP contribution in [0, 0.1) is 0 Å². The maximum Gasteiger partial charge on any atom is 0.335 e. The Balaban J connectivity index is 2.33. The molecule has 2 nitrogen and oxygen atoms in total. The molecule has 0 radical (unpaired) electrons. The summed E-state index contributed by atoms with van der Waals surface area (Å²) in [5.41, 5.74) is -0.497. The predicted molar refractivity (Wildman–Crippen MR) is 59.5 cm³/mol. The lowest BCUT2D eigenvalue weighted by Gasteiger charge is -2.27. The van der Waals surface area contributed by atoms with Gasteiger partial charge in [0.1, 0.15) is 5.67 Å². The molecule has 0 unspecified atom stereocenters. The van der Waals surface area contributed by atoms with Gasteiger partial charge < -0.3 is 5.11 Å². The minimum atomic E-state index is -1.25. The molecule has 0 atom stereocenters. The van der Waals surface area contributed by atoms with E-state index in [9.17, 15) is 9.18 Å². The van der Waals surface area contributed by atoms with E-state index in [4.69, 9.17) is 5.11 Å². The molecule has 1 fully saturated rings. The molecule has 16 heavy (non-hydrogen) atoms. The van der Waals surface area contributed by atoms with Crippen LogP contribution in [0.25, 0.3) is 0 Å². The SMILES string of the molecule is CC(C)(F)C1(c2ccc(C(=O)O)cc2)CC1. The van der Waals surface area contributed by atoms with Crippen LogP contribution in [0.1, 0.15) is 42.6 Å². The molecule has 1 saturated carbocycles. The number of hydrogen-bond acceptors (Lipinski definition) is 1. The molecule has 1 aromatic rings. The van der Waals surface area contributed by atoms with Gasteiger partial charge in [-0.15, -0.1) is 0 Å². The second-order valence-electron chi connectivity index (χ2n) is 4.94. The summed E-state index contributed by atoms with van der Waals surface area (Å²) < 4.78 is 14.1. The Kier molecular flexibility index (Phi) is 2.30. The number of rotatable bonds is 3. The molecule has 0 aliphatic heterocycles. The van der Waals surface area contributed by atoms with Crippen LogP contribution in [0.2, 0.25) is 0 Å². The van der Waals surface area contributed by atoms with Gasteiger partial charge in [0.2, 0.25) is 0 Å². The average molecular weight is 222 g/mol. The van der Waals surface area contributed by atoms with E-state index < -0.39 is 17.1 Å². The first-order valence-corrected chi connectivity index (χ1v) is 5.40. The second kappa shape index (κ2) is 3.30. The molecule has 0 saturated heterocycles. The van der Waals surface area contributed by atoms with Crippen LogP contribution in [-0.4, -0.2) is 16.7 Å². The Morgan fingerprint density at radius 2 is 1.81 bits per heavy atom. The van der Waals surface area contributed by atoms with E-state index in [1.807, 2.05) is 0 Å². The van der Waals surface area contributed by atoms with E-state index in [-0.39, 0.29) is 5.56 Å². The summed E-state index contributed by atoms with van der Waals surface area (Å²) in [7, 11) is 0. The van der Waals surface area contributed by atoms with Gasteiger partial charge in [-0.3, -0.25) is 0 Å². The van der Waals surface area contributed by atoms with Gasteiger partial charge in [0.25, 0.3) is 0 Å². The van der Waals surface area contributed by atoms with E-state index in [1.54, 1.807) is 38.1 Å². The zero-order chi connectivity index (χ0) is 12.0. The molecule has 86 valence electrons. The highest BCUT2D eigenvalue weighted by Gasteiger charge is 2.56. The molecule has 0 bridgehead atoms. The number of benzene rings is 1. The fraction of sp³-hybridized carbons (Fsp3) is 0.462. The van der Waals surface area contributed by atoms with E-state index >= 15 is 0 Å². The van der Waals surface area contributed by atoms with Gasteiger partial charge >= 0.3 is 5.97 Å². The Morgan fingerprint density at radius 3 is 2.12 bits per heavy atom. The Hall–Kier alpha value is -1.38. The number of halogens is 1. The summed E-state index contributed by atoms with van der Waals surface area (Å²) in [5.74, 6) is -0.948. The van der Waals surface area contributed by atoms with Crippen molar-refractivity contribution in [2.45, 2.75) is 37.8 Å². The first-order valence-electron chi connectivity index (χ1n) is 5.40. The third-order valence-electron chi connectivity index (χ3n) is 3.57. The number of hydrogen-bond donors (Lipinski definition) is 1. The lowest BCUT2D eigenvalue weighted by molar-refractivity contribution is 0.0697. The van der Waals surface area contributed by atoms with Crippen molar-refractivity contribution < 1.29 is 14.3 Å². The zero-order valence-electron chi connectivity index (χ0n) is 9.46. The molecule has 1 aliphatic rings. The average Bonchev–Trinajstić information content (AvgIpc) is 2.97. The molecule has 3 heteroatoms. The van der Waals surface area contributed by atoms with E-state index in [2.05, 4.69) is 0 Å². The maximum absolute atomic E-state index is 14.1. The van der Waals surface area contributed by atoms with Crippen LogP contribution in [0.15, 0.2) is 24.3 Å². The van der Waals surface area contributed by atoms with Gasteiger partial charge in [-0.05, 0) is 44.4 Å². The van der Waals surface area contributed by atoms with Gasteiger partial charge in [0.15, 0.2) is 0 Å². The minimum absolute atomic E-state index is 0.246. The first-order chi connectivity index (χ1) is 7.37.